The molecule has 0 bridgehead atoms. The average Bonchev–Trinajstić information content (AvgIpc) is 2.61. The molecular formula is C12H23ClO2. The maximum Gasteiger partial charge on any atom is 0.166 e. The Hall–Kier alpha value is 0.210. The predicted molar refractivity (Wildman–Crippen MR) is 63.3 cm³/mol. The van der Waals surface area contributed by atoms with Gasteiger partial charge in [0.2, 0.25) is 0 Å². The van der Waals surface area contributed by atoms with E-state index in [0.717, 1.165) is 6.42 Å². The molecule has 2 atom stereocenters. The van der Waals surface area contributed by atoms with Crippen molar-refractivity contribution in [3.63, 3.8) is 0 Å². The number of hydrogen-bond donors (Lipinski definition) is 0. The summed E-state index contributed by atoms with van der Waals surface area (Å²) in [5.41, 5.74) is 0. The van der Waals surface area contributed by atoms with E-state index in [1.165, 1.54) is 32.1 Å². The Balaban J connectivity index is 2.10. The summed E-state index contributed by atoms with van der Waals surface area (Å²) in [6, 6.07) is 0. The molecule has 90 valence electrons. The standard InChI is InChI=1S/C12H23ClO2/c1-3-4-5-6-7-8-12(2)14-10-11(9-13)15-12/h11H,3-10H2,1-2H3/t11-,12-/m0/s1. The zero-order valence-electron chi connectivity index (χ0n) is 9.93. The van der Waals surface area contributed by atoms with Crippen molar-refractivity contribution in [2.45, 2.75) is 64.3 Å². The SMILES string of the molecule is CCCCCCC[C@@]1(C)OC[C@H](CCl)O1. The highest BCUT2D eigenvalue weighted by molar-refractivity contribution is 6.18. The second kappa shape index (κ2) is 6.72. The fourth-order valence-corrected chi connectivity index (χ4v) is 2.10. The van der Waals surface area contributed by atoms with E-state index in [1.54, 1.807) is 0 Å². The number of hydrogen-bond acceptors (Lipinski definition) is 2. The first-order chi connectivity index (χ1) is 7.20. The van der Waals surface area contributed by atoms with Gasteiger partial charge in [-0.25, -0.2) is 0 Å². The molecular weight excluding hydrogens is 212 g/mol. The van der Waals surface area contributed by atoms with Gasteiger partial charge in [0.05, 0.1) is 18.6 Å². The van der Waals surface area contributed by atoms with Gasteiger partial charge in [-0.15, -0.1) is 11.6 Å². The van der Waals surface area contributed by atoms with Crippen LogP contribution in [0.3, 0.4) is 0 Å². The number of ether oxygens (including phenoxy) is 2. The van der Waals surface area contributed by atoms with Crippen LogP contribution < -0.4 is 0 Å². The van der Waals surface area contributed by atoms with Crippen LogP contribution in [-0.2, 0) is 9.47 Å². The molecule has 15 heavy (non-hydrogen) atoms. The van der Waals surface area contributed by atoms with Crippen molar-refractivity contribution in [1.82, 2.24) is 0 Å². The number of rotatable bonds is 7. The van der Waals surface area contributed by atoms with E-state index in [-0.39, 0.29) is 11.9 Å². The lowest BCUT2D eigenvalue weighted by Gasteiger charge is -2.22. The summed E-state index contributed by atoms with van der Waals surface area (Å²) in [7, 11) is 0. The van der Waals surface area contributed by atoms with Crippen molar-refractivity contribution in [2.24, 2.45) is 0 Å². The summed E-state index contributed by atoms with van der Waals surface area (Å²) in [4.78, 5) is 0. The molecule has 3 heteroatoms. The van der Waals surface area contributed by atoms with Crippen LogP contribution in [0.5, 0.6) is 0 Å². The molecule has 0 N–H and O–H groups in total. The Labute approximate surface area is 98.3 Å². The van der Waals surface area contributed by atoms with Gasteiger partial charge >= 0.3 is 0 Å². The normalized spacial score (nSPS) is 31.0. The minimum absolute atomic E-state index is 0.0901. The van der Waals surface area contributed by atoms with Crippen LogP contribution in [0, 0.1) is 0 Å². The van der Waals surface area contributed by atoms with Crippen LogP contribution >= 0.6 is 11.6 Å². The number of unbranched alkanes of at least 4 members (excludes halogenated alkanes) is 4. The molecule has 1 aliphatic heterocycles. The van der Waals surface area contributed by atoms with Crippen molar-refractivity contribution in [3.05, 3.63) is 0 Å². The Kier molecular flexibility index (Phi) is 5.95. The maximum absolute atomic E-state index is 5.75. The van der Waals surface area contributed by atoms with Crippen LogP contribution in [-0.4, -0.2) is 24.4 Å². The molecule has 0 aromatic heterocycles. The highest BCUT2D eigenvalue weighted by Crippen LogP contribution is 2.29. The highest BCUT2D eigenvalue weighted by Gasteiger charge is 2.35. The van der Waals surface area contributed by atoms with Crippen molar-refractivity contribution in [2.75, 3.05) is 12.5 Å². The van der Waals surface area contributed by atoms with Gasteiger partial charge in [-0.3, -0.25) is 0 Å². The van der Waals surface area contributed by atoms with Crippen molar-refractivity contribution in [3.8, 4) is 0 Å². The van der Waals surface area contributed by atoms with Gasteiger partial charge in [0.15, 0.2) is 5.79 Å². The molecule has 1 rings (SSSR count). The van der Waals surface area contributed by atoms with E-state index < -0.39 is 0 Å². The third-order valence-corrected chi connectivity index (χ3v) is 3.24. The van der Waals surface area contributed by atoms with Crippen LogP contribution in [0.1, 0.15) is 52.4 Å². The molecule has 1 aliphatic rings. The molecule has 1 heterocycles. The van der Waals surface area contributed by atoms with Crippen molar-refractivity contribution in [1.29, 1.82) is 0 Å². The van der Waals surface area contributed by atoms with Crippen LogP contribution in [0.15, 0.2) is 0 Å². The van der Waals surface area contributed by atoms with Gasteiger partial charge < -0.3 is 9.47 Å². The first kappa shape index (κ1) is 13.3. The molecule has 0 aromatic carbocycles. The van der Waals surface area contributed by atoms with Crippen molar-refractivity contribution < 1.29 is 9.47 Å². The first-order valence-corrected chi connectivity index (χ1v) is 6.61. The lowest BCUT2D eigenvalue weighted by molar-refractivity contribution is -0.156. The molecule has 0 unspecified atom stereocenters. The molecule has 1 fully saturated rings. The molecule has 0 radical (unpaired) electrons. The third-order valence-electron chi connectivity index (χ3n) is 2.90. The highest BCUT2D eigenvalue weighted by atomic mass is 35.5. The number of halogens is 1. The van der Waals surface area contributed by atoms with E-state index in [9.17, 15) is 0 Å². The molecule has 0 spiro atoms. The summed E-state index contributed by atoms with van der Waals surface area (Å²) in [5.74, 6) is 0.164. The Bertz CT molecular complexity index is 175. The zero-order chi connectivity index (χ0) is 11.1. The van der Waals surface area contributed by atoms with Gasteiger partial charge in [0, 0.05) is 6.42 Å². The molecule has 0 amide bonds. The third kappa shape index (κ3) is 4.71. The van der Waals surface area contributed by atoms with E-state index >= 15 is 0 Å². The maximum atomic E-state index is 5.75. The summed E-state index contributed by atoms with van der Waals surface area (Å²) < 4.78 is 11.4. The van der Waals surface area contributed by atoms with Gasteiger partial charge in [0.25, 0.3) is 0 Å². The van der Waals surface area contributed by atoms with Crippen LogP contribution in [0.4, 0.5) is 0 Å². The van der Waals surface area contributed by atoms with E-state index in [4.69, 9.17) is 21.1 Å². The lowest BCUT2D eigenvalue weighted by atomic mass is 10.1. The molecule has 0 saturated carbocycles. The van der Waals surface area contributed by atoms with Gasteiger partial charge in [-0.05, 0) is 13.3 Å². The zero-order valence-corrected chi connectivity index (χ0v) is 10.7. The van der Waals surface area contributed by atoms with E-state index in [1.807, 2.05) is 6.92 Å². The molecule has 0 aromatic rings. The summed E-state index contributed by atoms with van der Waals surface area (Å²) in [6.07, 6.45) is 7.50. The van der Waals surface area contributed by atoms with E-state index in [0.29, 0.717) is 12.5 Å². The summed E-state index contributed by atoms with van der Waals surface area (Å²) in [6.45, 7) is 4.91. The molecule has 1 saturated heterocycles. The van der Waals surface area contributed by atoms with Crippen molar-refractivity contribution >= 4 is 11.6 Å². The average molecular weight is 235 g/mol. The minimum atomic E-state index is -0.369. The molecule has 2 nitrogen and oxygen atoms in total. The molecule has 0 aliphatic carbocycles. The monoisotopic (exact) mass is 234 g/mol. The Morgan fingerprint density at radius 3 is 2.60 bits per heavy atom. The Morgan fingerprint density at radius 1 is 1.27 bits per heavy atom. The minimum Gasteiger partial charge on any atom is -0.347 e. The van der Waals surface area contributed by atoms with Crippen LogP contribution in [0.2, 0.25) is 0 Å². The van der Waals surface area contributed by atoms with Crippen LogP contribution in [0.25, 0.3) is 0 Å². The van der Waals surface area contributed by atoms with Gasteiger partial charge in [-0.1, -0.05) is 32.6 Å². The predicted octanol–water partition coefficient (Wildman–Crippen LogP) is 3.72. The smallest absolute Gasteiger partial charge is 0.166 e. The fraction of sp³-hybridized carbons (Fsp3) is 1.00. The fourth-order valence-electron chi connectivity index (χ4n) is 1.95. The second-order valence-corrected chi connectivity index (χ2v) is 4.81. The Morgan fingerprint density at radius 2 is 2.00 bits per heavy atom. The van der Waals surface area contributed by atoms with Gasteiger partial charge in [-0.2, -0.15) is 0 Å². The van der Waals surface area contributed by atoms with E-state index in [2.05, 4.69) is 6.92 Å². The summed E-state index contributed by atoms with van der Waals surface area (Å²) >= 11 is 5.73. The first-order valence-electron chi connectivity index (χ1n) is 6.08. The topological polar surface area (TPSA) is 18.5 Å². The summed E-state index contributed by atoms with van der Waals surface area (Å²) in [5, 5.41) is 0. The second-order valence-electron chi connectivity index (χ2n) is 4.50. The van der Waals surface area contributed by atoms with Gasteiger partial charge in [0.1, 0.15) is 0 Å². The number of alkyl halides is 1. The largest absolute Gasteiger partial charge is 0.347 e. The quantitative estimate of drug-likeness (QED) is 0.494. The lowest BCUT2D eigenvalue weighted by Crippen LogP contribution is -2.26.